The van der Waals surface area contributed by atoms with Gasteiger partial charge in [0.2, 0.25) is 0 Å². The average Bonchev–Trinajstić information content (AvgIpc) is 3.51. The fraction of sp³-hybridized carbons (Fsp3) is 0.412. The molecular weight excluding hydrogens is 655 g/mol. The van der Waals surface area contributed by atoms with E-state index >= 15 is 0 Å². The number of hydrogen-bond acceptors (Lipinski definition) is 11. The van der Waals surface area contributed by atoms with Gasteiger partial charge in [-0.15, -0.1) is 0 Å². The summed E-state index contributed by atoms with van der Waals surface area (Å²) in [6.07, 6.45) is -3.20. The lowest BCUT2D eigenvalue weighted by Gasteiger charge is -2.26. The van der Waals surface area contributed by atoms with Crippen molar-refractivity contribution in [1.29, 1.82) is 0 Å². The fourth-order valence-corrected chi connectivity index (χ4v) is 5.82. The number of nitrogens with zero attached hydrogens (tertiary/aromatic N) is 6. The van der Waals surface area contributed by atoms with Gasteiger partial charge in [-0.3, -0.25) is 14.6 Å². The number of ether oxygens (including phenoxy) is 3. The van der Waals surface area contributed by atoms with E-state index in [-0.39, 0.29) is 5.56 Å². The van der Waals surface area contributed by atoms with Crippen molar-refractivity contribution in [2.24, 2.45) is 0 Å². The van der Waals surface area contributed by atoms with E-state index < -0.39 is 23.4 Å². The third-order valence-electron chi connectivity index (χ3n) is 8.48. The van der Waals surface area contributed by atoms with Crippen LogP contribution >= 0.6 is 0 Å². The first-order chi connectivity index (χ1) is 24.2. The number of para-hydroxylation sites is 1. The zero-order chi connectivity index (χ0) is 35.1. The van der Waals surface area contributed by atoms with Crippen molar-refractivity contribution in [1.82, 2.24) is 29.5 Å². The Balaban J connectivity index is 1.24. The lowest BCUT2D eigenvalue weighted by atomic mass is 10.1. The molecule has 0 spiro atoms. The second-order valence-corrected chi connectivity index (χ2v) is 12.0. The number of rotatable bonds is 12. The molecule has 50 heavy (non-hydrogen) atoms. The van der Waals surface area contributed by atoms with E-state index in [2.05, 4.69) is 35.7 Å². The monoisotopic (exact) mass is 695 g/mol. The molecule has 266 valence electrons. The third-order valence-corrected chi connectivity index (χ3v) is 8.48. The first-order valence-electron chi connectivity index (χ1n) is 16.4. The van der Waals surface area contributed by atoms with Gasteiger partial charge < -0.3 is 30.2 Å². The van der Waals surface area contributed by atoms with Crippen molar-refractivity contribution in [2.75, 3.05) is 88.8 Å². The Morgan fingerprint density at radius 3 is 2.42 bits per heavy atom. The lowest BCUT2D eigenvalue weighted by Crippen LogP contribution is -2.39. The minimum atomic E-state index is -4.68. The number of carbonyl (C=O) groups is 1. The predicted molar refractivity (Wildman–Crippen MR) is 181 cm³/mol. The van der Waals surface area contributed by atoms with Crippen LogP contribution in [0.1, 0.15) is 27.2 Å². The summed E-state index contributed by atoms with van der Waals surface area (Å²) in [5.41, 5.74) is 1.43. The maximum atomic E-state index is 13.6. The smallest absolute Gasteiger partial charge is 0.419 e. The third kappa shape index (κ3) is 8.68. The highest BCUT2D eigenvalue weighted by Crippen LogP contribution is 2.38. The van der Waals surface area contributed by atoms with Crippen LogP contribution in [0.5, 0.6) is 5.75 Å². The number of methoxy groups -OCH3 is 1. The van der Waals surface area contributed by atoms with Gasteiger partial charge in [0.1, 0.15) is 23.7 Å². The Morgan fingerprint density at radius 1 is 0.960 bits per heavy atom. The lowest BCUT2D eigenvalue weighted by molar-refractivity contribution is -0.138. The number of halogens is 3. The van der Waals surface area contributed by atoms with Gasteiger partial charge in [0.05, 0.1) is 50.4 Å². The van der Waals surface area contributed by atoms with Crippen molar-refractivity contribution in [3.05, 3.63) is 77.2 Å². The number of morpholine rings is 2. The molecule has 13 nitrogen and oxygen atoms in total. The molecule has 0 bridgehead atoms. The summed E-state index contributed by atoms with van der Waals surface area (Å²) >= 11 is 0. The van der Waals surface area contributed by atoms with Gasteiger partial charge in [-0.05, 0) is 36.8 Å². The van der Waals surface area contributed by atoms with Crippen LogP contribution in [0, 0.1) is 6.92 Å². The number of anilines is 4. The minimum Gasteiger partial charge on any atom is -0.495 e. The van der Waals surface area contributed by atoms with Crippen LogP contribution in [0.4, 0.5) is 36.2 Å². The van der Waals surface area contributed by atoms with E-state index in [9.17, 15) is 18.0 Å². The quantitative estimate of drug-likeness (QED) is 0.193. The Labute approximate surface area is 287 Å². The van der Waals surface area contributed by atoms with E-state index in [1.807, 2.05) is 19.1 Å². The molecule has 4 aromatic rings. The van der Waals surface area contributed by atoms with E-state index in [1.54, 1.807) is 22.9 Å². The summed E-state index contributed by atoms with van der Waals surface area (Å²) in [5.74, 6) is 0.542. The Kier molecular flexibility index (Phi) is 11.1. The van der Waals surface area contributed by atoms with E-state index in [0.717, 1.165) is 70.4 Å². The van der Waals surface area contributed by atoms with Gasteiger partial charge >= 0.3 is 6.18 Å². The SMILES string of the molecule is COc1c(C(=O)Nc2ccc(C)c(Nc3cc(CN4CCOCC4)nn3-c3cc(NCCN4CCOCC4)ncn3)c2)cccc1C(F)(F)F. The number of benzene rings is 2. The van der Waals surface area contributed by atoms with Crippen LogP contribution in [0.25, 0.3) is 5.82 Å². The standard InChI is InChI=1S/C34H40F3N9O4/c1-23-6-7-24(41-33(47)26-4-3-5-27(32(26)48-2)34(35,36)37)18-28(23)42-31-19-25(21-45-12-16-50-17-13-45)43-46(31)30-20-29(39-22-40-30)38-8-9-44-10-14-49-15-11-44/h3-7,18-20,22,42H,8-17,21H2,1-2H3,(H,41,47)(H,38,39,40). The van der Waals surface area contributed by atoms with Gasteiger partial charge in [0.15, 0.2) is 5.82 Å². The average molecular weight is 696 g/mol. The second kappa shape index (κ2) is 15.8. The van der Waals surface area contributed by atoms with Crippen molar-refractivity contribution < 1.29 is 32.2 Å². The molecule has 0 saturated carbocycles. The molecule has 16 heteroatoms. The molecule has 3 N–H and O–H groups in total. The summed E-state index contributed by atoms with van der Waals surface area (Å²) in [6.45, 7) is 10.2. The fourth-order valence-electron chi connectivity index (χ4n) is 5.82. The molecular formula is C34H40F3N9O4. The van der Waals surface area contributed by atoms with Gasteiger partial charge in [-0.1, -0.05) is 12.1 Å². The van der Waals surface area contributed by atoms with Gasteiger partial charge in [-0.2, -0.15) is 23.0 Å². The van der Waals surface area contributed by atoms with Gasteiger partial charge in [-0.25, -0.2) is 9.97 Å². The summed E-state index contributed by atoms with van der Waals surface area (Å²) in [5, 5.41) is 14.4. The summed E-state index contributed by atoms with van der Waals surface area (Å²) in [7, 11) is 1.11. The van der Waals surface area contributed by atoms with Crippen molar-refractivity contribution in [3.8, 4) is 11.6 Å². The largest absolute Gasteiger partial charge is 0.495 e. The Morgan fingerprint density at radius 2 is 1.70 bits per heavy atom. The van der Waals surface area contributed by atoms with Crippen LogP contribution in [-0.2, 0) is 22.2 Å². The number of amides is 1. The molecule has 0 unspecified atom stereocenters. The van der Waals surface area contributed by atoms with Gasteiger partial charge in [0.25, 0.3) is 5.91 Å². The summed E-state index contributed by atoms with van der Waals surface area (Å²) in [6, 6.07) is 12.3. The van der Waals surface area contributed by atoms with Crippen LogP contribution < -0.4 is 20.7 Å². The zero-order valence-corrected chi connectivity index (χ0v) is 27.9. The highest BCUT2D eigenvalue weighted by molar-refractivity contribution is 6.06. The van der Waals surface area contributed by atoms with Gasteiger partial charge in [0, 0.05) is 69.3 Å². The van der Waals surface area contributed by atoms with E-state index in [1.165, 1.54) is 18.5 Å². The predicted octanol–water partition coefficient (Wildman–Crippen LogP) is 4.57. The molecule has 4 heterocycles. The zero-order valence-electron chi connectivity index (χ0n) is 27.9. The molecule has 0 aliphatic carbocycles. The normalized spacial score (nSPS) is 15.9. The number of nitrogens with one attached hydrogen (secondary N) is 3. The minimum absolute atomic E-state index is 0.235. The number of aromatic nitrogens is 4. The molecule has 0 radical (unpaired) electrons. The number of carbonyl (C=O) groups excluding carboxylic acids is 1. The summed E-state index contributed by atoms with van der Waals surface area (Å²) < 4.78 is 58.5. The molecule has 2 aliphatic heterocycles. The summed E-state index contributed by atoms with van der Waals surface area (Å²) in [4.78, 5) is 26.8. The molecule has 0 atom stereocenters. The van der Waals surface area contributed by atoms with Crippen molar-refractivity contribution in [2.45, 2.75) is 19.6 Å². The van der Waals surface area contributed by atoms with E-state index in [4.69, 9.17) is 19.3 Å². The van der Waals surface area contributed by atoms with Crippen molar-refractivity contribution >= 4 is 28.9 Å². The molecule has 2 fully saturated rings. The van der Waals surface area contributed by atoms with Crippen LogP contribution in [-0.4, -0.2) is 108 Å². The molecule has 2 aromatic heterocycles. The number of alkyl halides is 3. The highest BCUT2D eigenvalue weighted by atomic mass is 19.4. The first kappa shape index (κ1) is 35.1. The molecule has 2 saturated heterocycles. The molecule has 1 amide bonds. The second-order valence-electron chi connectivity index (χ2n) is 12.0. The van der Waals surface area contributed by atoms with Crippen molar-refractivity contribution in [3.63, 3.8) is 0 Å². The van der Waals surface area contributed by atoms with E-state index in [0.29, 0.717) is 55.1 Å². The molecule has 2 aliphatic rings. The number of aryl methyl sites for hydroxylation is 1. The molecule has 2 aromatic carbocycles. The molecule has 6 rings (SSSR count). The Hall–Kier alpha value is -4.77. The van der Waals surface area contributed by atoms with Crippen LogP contribution in [0.15, 0.2) is 54.9 Å². The first-order valence-corrected chi connectivity index (χ1v) is 16.4. The highest BCUT2D eigenvalue weighted by Gasteiger charge is 2.36. The van der Waals surface area contributed by atoms with Crippen LogP contribution in [0.2, 0.25) is 0 Å². The number of hydrogen-bond donors (Lipinski definition) is 3. The Bertz CT molecular complexity index is 1770. The topological polar surface area (TPSA) is 131 Å². The maximum absolute atomic E-state index is 13.6. The maximum Gasteiger partial charge on any atom is 0.419 e. The van der Waals surface area contributed by atoms with Crippen LogP contribution in [0.3, 0.4) is 0 Å².